The Bertz CT molecular complexity index is 1160. The van der Waals surface area contributed by atoms with Gasteiger partial charge < -0.3 is 5.32 Å². The van der Waals surface area contributed by atoms with E-state index in [1.165, 1.54) is 11.5 Å². The fourth-order valence-corrected chi connectivity index (χ4v) is 4.19. The van der Waals surface area contributed by atoms with Gasteiger partial charge in [-0.2, -0.15) is 9.64 Å². The molecule has 1 N–H and O–H groups in total. The molecule has 0 unspecified atom stereocenters. The molecule has 1 aliphatic rings. The van der Waals surface area contributed by atoms with Gasteiger partial charge in [0.25, 0.3) is 5.91 Å². The number of pyridine rings is 1. The zero-order valence-corrected chi connectivity index (χ0v) is 17.3. The predicted molar refractivity (Wildman–Crippen MR) is 115 cm³/mol. The molecule has 0 aliphatic heterocycles. The smallest absolute Gasteiger partial charge is 0.258 e. The molecule has 1 aromatic carbocycles. The third-order valence-corrected chi connectivity index (χ3v) is 6.00. The van der Waals surface area contributed by atoms with Crippen molar-refractivity contribution in [2.45, 2.75) is 32.6 Å². The number of rotatable bonds is 7. The summed E-state index contributed by atoms with van der Waals surface area (Å²) in [6.45, 7) is 1.80. The number of amides is 1. The molecule has 0 spiro atoms. The highest BCUT2D eigenvalue weighted by molar-refractivity contribution is 7.06. The van der Waals surface area contributed by atoms with Crippen LogP contribution in [0.1, 0.15) is 61.8 Å². The first-order valence-electron chi connectivity index (χ1n) is 9.78. The maximum Gasteiger partial charge on any atom is 0.258 e. The van der Waals surface area contributed by atoms with Gasteiger partial charge in [-0.1, -0.05) is 12.1 Å². The molecule has 6 nitrogen and oxygen atoms in total. The van der Waals surface area contributed by atoms with Gasteiger partial charge in [-0.3, -0.25) is 14.6 Å². The van der Waals surface area contributed by atoms with Gasteiger partial charge in [0, 0.05) is 40.9 Å². The number of ketones is 1. The van der Waals surface area contributed by atoms with Gasteiger partial charge in [0.15, 0.2) is 5.78 Å². The van der Waals surface area contributed by atoms with Gasteiger partial charge in [-0.25, -0.2) is 0 Å². The van der Waals surface area contributed by atoms with Crippen LogP contribution in [0.4, 0.5) is 5.69 Å². The number of carbonyl (C=O) groups excluding carboxylic acids is 2. The van der Waals surface area contributed by atoms with E-state index in [0.717, 1.165) is 17.7 Å². The Kier molecular flexibility index (Phi) is 5.68. The normalized spacial score (nSPS) is 12.9. The number of Topliss-reactive ketones (excluding diaryl/α,β-unsaturated/α-hetero) is 1. The maximum absolute atomic E-state index is 13.0. The summed E-state index contributed by atoms with van der Waals surface area (Å²) in [5, 5.41) is 12.0. The molecule has 1 amide bonds. The average Bonchev–Trinajstić information content (AvgIpc) is 3.49. The number of hydrogen-bond acceptors (Lipinski definition) is 6. The maximum atomic E-state index is 13.0. The van der Waals surface area contributed by atoms with E-state index in [1.54, 1.807) is 49.5 Å². The Morgan fingerprint density at radius 1 is 1.27 bits per heavy atom. The molecule has 3 aromatic rings. The third-order valence-electron chi connectivity index (χ3n) is 5.06. The SMILES string of the molecule is Cc1nsc(Cc2cc(C#N)ccn2)c1C(=O)Nc1cccc(C(=O)CC2CC2)c1. The van der Waals surface area contributed by atoms with E-state index in [2.05, 4.69) is 20.7 Å². The van der Waals surface area contributed by atoms with E-state index in [4.69, 9.17) is 5.26 Å². The first kappa shape index (κ1) is 19.9. The van der Waals surface area contributed by atoms with Gasteiger partial charge >= 0.3 is 0 Å². The highest BCUT2D eigenvalue weighted by atomic mass is 32.1. The van der Waals surface area contributed by atoms with Gasteiger partial charge in [-0.15, -0.1) is 0 Å². The number of nitrogens with one attached hydrogen (secondary N) is 1. The van der Waals surface area contributed by atoms with Crippen LogP contribution in [-0.2, 0) is 6.42 Å². The van der Waals surface area contributed by atoms with E-state index in [0.29, 0.717) is 52.5 Å². The zero-order chi connectivity index (χ0) is 21.1. The second-order valence-corrected chi connectivity index (χ2v) is 8.35. The van der Waals surface area contributed by atoms with E-state index in [-0.39, 0.29) is 11.7 Å². The number of nitrogens with zero attached hydrogens (tertiary/aromatic N) is 3. The molecule has 0 radical (unpaired) electrons. The van der Waals surface area contributed by atoms with Crippen LogP contribution in [0.25, 0.3) is 0 Å². The Hall–Kier alpha value is -3.37. The topological polar surface area (TPSA) is 95.7 Å². The fraction of sp³-hybridized carbons (Fsp3) is 0.261. The van der Waals surface area contributed by atoms with Crippen molar-refractivity contribution < 1.29 is 9.59 Å². The highest BCUT2D eigenvalue weighted by Gasteiger charge is 2.25. The second-order valence-electron chi connectivity index (χ2n) is 7.50. The summed E-state index contributed by atoms with van der Waals surface area (Å²) in [5.41, 5.74) is 3.60. The molecule has 7 heteroatoms. The van der Waals surface area contributed by atoms with Crippen molar-refractivity contribution in [2.24, 2.45) is 5.92 Å². The first-order valence-corrected chi connectivity index (χ1v) is 10.6. The number of aromatic nitrogens is 2. The van der Waals surface area contributed by atoms with E-state index in [1.807, 2.05) is 0 Å². The summed E-state index contributed by atoms with van der Waals surface area (Å²) < 4.78 is 4.34. The van der Waals surface area contributed by atoms with Crippen molar-refractivity contribution >= 4 is 28.9 Å². The van der Waals surface area contributed by atoms with Crippen LogP contribution in [0.5, 0.6) is 0 Å². The summed E-state index contributed by atoms with van der Waals surface area (Å²) in [5.74, 6) is 0.372. The lowest BCUT2D eigenvalue weighted by atomic mass is 10.0. The molecule has 30 heavy (non-hydrogen) atoms. The number of hydrogen-bond donors (Lipinski definition) is 1. The van der Waals surface area contributed by atoms with Crippen molar-refractivity contribution in [3.05, 3.63) is 75.6 Å². The third kappa shape index (κ3) is 4.61. The number of aryl methyl sites for hydroxylation is 1. The number of anilines is 1. The molecule has 1 fully saturated rings. The Labute approximate surface area is 178 Å². The summed E-state index contributed by atoms with van der Waals surface area (Å²) in [7, 11) is 0. The summed E-state index contributed by atoms with van der Waals surface area (Å²) in [4.78, 5) is 30.5. The highest BCUT2D eigenvalue weighted by Crippen LogP contribution is 2.33. The van der Waals surface area contributed by atoms with Gasteiger partial charge in [0.05, 0.1) is 22.9 Å². The zero-order valence-electron chi connectivity index (χ0n) is 16.5. The van der Waals surface area contributed by atoms with Gasteiger partial charge in [0.1, 0.15) is 0 Å². The number of carbonyl (C=O) groups is 2. The number of nitriles is 1. The fourth-order valence-electron chi connectivity index (χ4n) is 3.30. The van der Waals surface area contributed by atoms with Crippen LogP contribution in [0.2, 0.25) is 0 Å². The quantitative estimate of drug-likeness (QED) is 0.570. The van der Waals surface area contributed by atoms with E-state index < -0.39 is 0 Å². The van der Waals surface area contributed by atoms with Crippen molar-refractivity contribution in [3.63, 3.8) is 0 Å². The molecular weight excluding hydrogens is 396 g/mol. The molecule has 2 heterocycles. The van der Waals surface area contributed by atoms with E-state index >= 15 is 0 Å². The summed E-state index contributed by atoms with van der Waals surface area (Å²) >= 11 is 1.26. The molecule has 150 valence electrons. The minimum absolute atomic E-state index is 0.117. The first-order chi connectivity index (χ1) is 14.5. The van der Waals surface area contributed by atoms with Crippen LogP contribution in [-0.4, -0.2) is 21.0 Å². The lowest BCUT2D eigenvalue weighted by molar-refractivity contribution is 0.0974. The molecule has 1 saturated carbocycles. The van der Waals surface area contributed by atoms with Crippen LogP contribution in [0, 0.1) is 24.2 Å². The van der Waals surface area contributed by atoms with Gasteiger partial charge in [0.2, 0.25) is 0 Å². The molecule has 0 saturated heterocycles. The average molecular weight is 417 g/mol. The van der Waals surface area contributed by atoms with Crippen LogP contribution >= 0.6 is 11.5 Å². The van der Waals surface area contributed by atoms with Crippen molar-refractivity contribution in [1.29, 1.82) is 5.26 Å². The molecule has 0 atom stereocenters. The predicted octanol–water partition coefficient (Wildman–Crippen LogP) is 4.54. The van der Waals surface area contributed by atoms with Gasteiger partial charge in [-0.05, 0) is 61.5 Å². The Morgan fingerprint density at radius 2 is 2.10 bits per heavy atom. The molecule has 1 aliphatic carbocycles. The largest absolute Gasteiger partial charge is 0.322 e. The Morgan fingerprint density at radius 3 is 2.87 bits per heavy atom. The van der Waals surface area contributed by atoms with Crippen LogP contribution in [0.15, 0.2) is 42.6 Å². The minimum Gasteiger partial charge on any atom is -0.322 e. The standard InChI is InChI=1S/C23H20N4O2S/c1-14-22(21(30-27-14)12-19-9-16(13-24)7-8-25-19)23(29)26-18-4-2-3-17(11-18)20(28)10-15-5-6-15/h2-4,7-9,11,15H,5-6,10,12H2,1H3,(H,26,29). The second kappa shape index (κ2) is 8.56. The van der Waals surface area contributed by atoms with Crippen LogP contribution < -0.4 is 5.32 Å². The molecule has 4 rings (SSSR count). The van der Waals surface area contributed by atoms with Crippen molar-refractivity contribution in [3.8, 4) is 6.07 Å². The number of benzene rings is 1. The lowest BCUT2D eigenvalue weighted by Gasteiger charge is -2.08. The molecular formula is C23H20N4O2S. The lowest BCUT2D eigenvalue weighted by Crippen LogP contribution is -2.15. The molecule has 2 aromatic heterocycles. The van der Waals surface area contributed by atoms with E-state index in [9.17, 15) is 9.59 Å². The van der Waals surface area contributed by atoms with Crippen molar-refractivity contribution in [1.82, 2.24) is 9.36 Å². The monoisotopic (exact) mass is 416 g/mol. The summed E-state index contributed by atoms with van der Waals surface area (Å²) in [6.07, 6.45) is 4.84. The minimum atomic E-state index is -0.264. The molecule has 0 bridgehead atoms. The van der Waals surface area contributed by atoms with Crippen molar-refractivity contribution in [2.75, 3.05) is 5.32 Å². The summed E-state index contributed by atoms with van der Waals surface area (Å²) in [6, 6.07) is 12.5. The Balaban J connectivity index is 1.52. The van der Waals surface area contributed by atoms with Crippen LogP contribution in [0.3, 0.4) is 0 Å².